The van der Waals surface area contributed by atoms with Gasteiger partial charge in [-0.3, -0.25) is 4.79 Å². The second-order valence-corrected chi connectivity index (χ2v) is 4.96. The molecule has 0 radical (unpaired) electrons. The van der Waals surface area contributed by atoms with Gasteiger partial charge in [-0.2, -0.15) is 10.4 Å². The van der Waals surface area contributed by atoms with E-state index in [1.54, 1.807) is 42.5 Å². The Morgan fingerprint density at radius 3 is 2.60 bits per heavy atom. The van der Waals surface area contributed by atoms with Crippen molar-refractivity contribution in [2.24, 2.45) is 5.10 Å². The molecule has 0 aliphatic rings. The summed E-state index contributed by atoms with van der Waals surface area (Å²) in [6.07, 6.45) is 1.17. The fourth-order valence-corrected chi connectivity index (χ4v) is 1.91. The number of amides is 1. The Kier molecular flexibility index (Phi) is 6.25. The van der Waals surface area contributed by atoms with Crippen LogP contribution in [0.25, 0.3) is 0 Å². The Morgan fingerprint density at radius 1 is 1.20 bits per heavy atom. The number of aromatic carboxylic acids is 1. The topological polar surface area (TPSA) is 112 Å². The summed E-state index contributed by atoms with van der Waals surface area (Å²) in [7, 11) is 0. The SMILES string of the molecule is N#CCC(=O)N/N=C\c1ccccc1OCc1ccc(C(=O)O)cc1. The molecular formula is C18H15N3O4. The Morgan fingerprint density at radius 2 is 1.92 bits per heavy atom. The van der Waals surface area contributed by atoms with Crippen molar-refractivity contribution in [2.75, 3.05) is 0 Å². The van der Waals surface area contributed by atoms with Crippen molar-refractivity contribution in [3.05, 3.63) is 65.2 Å². The molecule has 7 heteroatoms. The summed E-state index contributed by atoms with van der Waals surface area (Å²) in [6, 6.07) is 15.2. The van der Waals surface area contributed by atoms with E-state index in [9.17, 15) is 9.59 Å². The molecule has 0 spiro atoms. The summed E-state index contributed by atoms with van der Waals surface area (Å²) in [5.74, 6) is -0.911. The number of carboxylic acids is 1. The van der Waals surface area contributed by atoms with Crippen molar-refractivity contribution in [3.8, 4) is 11.8 Å². The molecule has 2 rings (SSSR count). The molecule has 0 atom stereocenters. The molecule has 0 aliphatic heterocycles. The second kappa shape index (κ2) is 8.84. The number of rotatable bonds is 7. The van der Waals surface area contributed by atoms with E-state index in [1.807, 2.05) is 0 Å². The molecule has 0 heterocycles. The van der Waals surface area contributed by atoms with Gasteiger partial charge in [0.1, 0.15) is 18.8 Å². The van der Waals surface area contributed by atoms with Gasteiger partial charge in [0.15, 0.2) is 0 Å². The zero-order chi connectivity index (χ0) is 18.1. The fraction of sp³-hybridized carbons (Fsp3) is 0.111. The van der Waals surface area contributed by atoms with Crippen molar-refractivity contribution < 1.29 is 19.4 Å². The highest BCUT2D eigenvalue weighted by Gasteiger charge is 2.04. The smallest absolute Gasteiger partial charge is 0.335 e. The molecule has 126 valence electrons. The fourth-order valence-electron chi connectivity index (χ4n) is 1.91. The molecule has 0 bridgehead atoms. The number of benzene rings is 2. The van der Waals surface area contributed by atoms with Gasteiger partial charge < -0.3 is 9.84 Å². The minimum atomic E-state index is -0.979. The number of carbonyl (C=O) groups is 2. The van der Waals surface area contributed by atoms with Gasteiger partial charge in [-0.1, -0.05) is 24.3 Å². The standard InChI is InChI=1S/C18H15N3O4/c19-10-9-17(22)21-20-11-15-3-1-2-4-16(15)25-12-13-5-7-14(8-6-13)18(23)24/h1-8,11H,9,12H2,(H,21,22)(H,23,24)/b20-11-. The summed E-state index contributed by atoms with van der Waals surface area (Å²) in [4.78, 5) is 22.0. The van der Waals surface area contributed by atoms with Crippen LogP contribution in [0.1, 0.15) is 27.9 Å². The van der Waals surface area contributed by atoms with Crippen LogP contribution in [-0.2, 0) is 11.4 Å². The van der Waals surface area contributed by atoms with E-state index in [0.29, 0.717) is 11.3 Å². The van der Waals surface area contributed by atoms with Crippen LogP contribution in [0.15, 0.2) is 53.6 Å². The third-order valence-electron chi connectivity index (χ3n) is 3.15. The van der Waals surface area contributed by atoms with Crippen LogP contribution in [0.5, 0.6) is 5.75 Å². The number of para-hydroxylation sites is 1. The number of hydrazone groups is 1. The van der Waals surface area contributed by atoms with Crippen LogP contribution in [0.4, 0.5) is 0 Å². The summed E-state index contributed by atoms with van der Waals surface area (Å²) in [5, 5.41) is 21.1. The summed E-state index contributed by atoms with van der Waals surface area (Å²) >= 11 is 0. The summed E-state index contributed by atoms with van der Waals surface area (Å²) < 4.78 is 5.72. The molecule has 0 saturated heterocycles. The molecule has 25 heavy (non-hydrogen) atoms. The quantitative estimate of drug-likeness (QED) is 0.595. The van der Waals surface area contributed by atoms with E-state index in [0.717, 1.165) is 5.56 Å². The van der Waals surface area contributed by atoms with Gasteiger partial charge in [-0.15, -0.1) is 0 Å². The monoisotopic (exact) mass is 337 g/mol. The molecule has 0 fully saturated rings. The summed E-state index contributed by atoms with van der Waals surface area (Å²) in [6.45, 7) is 0.255. The first-order valence-corrected chi connectivity index (χ1v) is 7.33. The van der Waals surface area contributed by atoms with Gasteiger partial charge in [-0.05, 0) is 29.8 Å². The highest BCUT2D eigenvalue weighted by atomic mass is 16.5. The first-order valence-electron chi connectivity index (χ1n) is 7.33. The van der Waals surface area contributed by atoms with Crippen molar-refractivity contribution in [2.45, 2.75) is 13.0 Å². The van der Waals surface area contributed by atoms with Gasteiger partial charge in [0.05, 0.1) is 17.8 Å². The molecule has 0 aromatic heterocycles. The number of ether oxygens (including phenoxy) is 1. The molecule has 2 aromatic carbocycles. The van der Waals surface area contributed by atoms with Crippen LogP contribution < -0.4 is 10.2 Å². The van der Waals surface area contributed by atoms with Crippen LogP contribution in [0.3, 0.4) is 0 Å². The van der Waals surface area contributed by atoms with Gasteiger partial charge in [0.25, 0.3) is 5.91 Å². The Balaban J connectivity index is 2.00. The largest absolute Gasteiger partial charge is 0.488 e. The predicted octanol–water partition coefficient (Wildman–Crippen LogP) is 2.33. The van der Waals surface area contributed by atoms with Crippen LogP contribution in [0, 0.1) is 11.3 Å². The lowest BCUT2D eigenvalue weighted by molar-refractivity contribution is -0.120. The van der Waals surface area contributed by atoms with Gasteiger partial charge in [0, 0.05) is 5.56 Å². The van der Waals surface area contributed by atoms with Crippen molar-refractivity contribution in [3.63, 3.8) is 0 Å². The lowest BCUT2D eigenvalue weighted by Gasteiger charge is -2.09. The Labute approximate surface area is 144 Å². The van der Waals surface area contributed by atoms with E-state index in [2.05, 4.69) is 10.5 Å². The minimum absolute atomic E-state index is 0.212. The lowest BCUT2D eigenvalue weighted by atomic mass is 10.1. The van der Waals surface area contributed by atoms with Crippen molar-refractivity contribution >= 4 is 18.1 Å². The third-order valence-corrected chi connectivity index (χ3v) is 3.15. The van der Waals surface area contributed by atoms with Crippen molar-refractivity contribution in [1.29, 1.82) is 5.26 Å². The zero-order valence-electron chi connectivity index (χ0n) is 13.2. The maximum atomic E-state index is 11.2. The molecule has 2 N–H and O–H groups in total. The number of carboxylic acid groups (broad SMARTS) is 1. The van der Waals surface area contributed by atoms with Crippen LogP contribution in [-0.4, -0.2) is 23.2 Å². The van der Waals surface area contributed by atoms with Gasteiger partial charge >= 0.3 is 5.97 Å². The zero-order valence-corrected chi connectivity index (χ0v) is 13.2. The first-order chi connectivity index (χ1) is 12.1. The predicted molar refractivity (Wildman–Crippen MR) is 90.1 cm³/mol. The Hall–Kier alpha value is -3.66. The molecular weight excluding hydrogens is 322 g/mol. The van der Waals surface area contributed by atoms with E-state index in [1.165, 1.54) is 18.3 Å². The van der Waals surface area contributed by atoms with Crippen molar-refractivity contribution in [1.82, 2.24) is 5.43 Å². The van der Waals surface area contributed by atoms with E-state index in [-0.39, 0.29) is 18.6 Å². The van der Waals surface area contributed by atoms with E-state index in [4.69, 9.17) is 15.1 Å². The van der Waals surface area contributed by atoms with Gasteiger partial charge in [0.2, 0.25) is 0 Å². The van der Waals surface area contributed by atoms with Gasteiger partial charge in [-0.25, -0.2) is 10.2 Å². The number of nitrogens with zero attached hydrogens (tertiary/aromatic N) is 2. The average Bonchev–Trinajstić information content (AvgIpc) is 2.61. The number of hydrogen-bond donors (Lipinski definition) is 2. The Bertz CT molecular complexity index is 823. The molecule has 1 amide bonds. The molecule has 0 unspecified atom stereocenters. The molecule has 7 nitrogen and oxygen atoms in total. The van der Waals surface area contributed by atoms with Crippen LogP contribution in [0.2, 0.25) is 0 Å². The normalized spacial score (nSPS) is 10.2. The number of nitrogens with one attached hydrogen (secondary N) is 1. The maximum absolute atomic E-state index is 11.2. The average molecular weight is 337 g/mol. The number of nitriles is 1. The highest BCUT2D eigenvalue weighted by Crippen LogP contribution is 2.18. The highest BCUT2D eigenvalue weighted by molar-refractivity contribution is 5.87. The number of carbonyl (C=O) groups excluding carboxylic acids is 1. The second-order valence-electron chi connectivity index (χ2n) is 4.96. The maximum Gasteiger partial charge on any atom is 0.335 e. The lowest BCUT2D eigenvalue weighted by Crippen LogP contribution is -2.16. The summed E-state index contributed by atoms with van der Waals surface area (Å²) in [5.41, 5.74) is 3.93. The molecule has 0 aliphatic carbocycles. The third kappa shape index (κ3) is 5.48. The minimum Gasteiger partial charge on any atom is -0.488 e. The van der Waals surface area contributed by atoms with Crippen LogP contribution >= 0.6 is 0 Å². The van der Waals surface area contributed by atoms with E-state index >= 15 is 0 Å². The first kappa shape index (κ1) is 17.7. The van der Waals surface area contributed by atoms with E-state index < -0.39 is 11.9 Å². The molecule has 0 saturated carbocycles. The molecule has 2 aromatic rings. The number of hydrogen-bond acceptors (Lipinski definition) is 5.